The summed E-state index contributed by atoms with van der Waals surface area (Å²) in [5.74, 6) is 0.550. The van der Waals surface area contributed by atoms with Gasteiger partial charge in [-0.1, -0.05) is 6.92 Å². The van der Waals surface area contributed by atoms with Crippen molar-refractivity contribution in [1.29, 1.82) is 0 Å². The average Bonchev–Trinajstić information content (AvgIpc) is 2.87. The van der Waals surface area contributed by atoms with Crippen LogP contribution in [0.3, 0.4) is 0 Å². The Labute approximate surface area is 114 Å². The van der Waals surface area contributed by atoms with Crippen LogP contribution in [-0.2, 0) is 4.79 Å². The predicted octanol–water partition coefficient (Wildman–Crippen LogP) is 1.87. The summed E-state index contributed by atoms with van der Waals surface area (Å²) in [4.78, 5) is 12.3. The molecule has 0 spiro atoms. The van der Waals surface area contributed by atoms with Gasteiger partial charge in [-0.3, -0.25) is 9.48 Å². The molecule has 106 valence electrons. The van der Waals surface area contributed by atoms with Crippen molar-refractivity contribution in [2.24, 2.45) is 11.8 Å². The van der Waals surface area contributed by atoms with E-state index in [1.807, 2.05) is 18.5 Å². The number of amides is 1. The molecule has 2 heterocycles. The summed E-state index contributed by atoms with van der Waals surface area (Å²) in [6.45, 7) is 11.9. The summed E-state index contributed by atoms with van der Waals surface area (Å²) in [5.41, 5.74) is 2.79. The van der Waals surface area contributed by atoms with Crippen LogP contribution in [0.2, 0.25) is 0 Å². The Bertz CT molecular complexity index is 478. The number of nitrogens with one attached hydrogen (secondary N) is 2. The maximum atomic E-state index is 12.3. The molecule has 1 aromatic heterocycles. The molecular formula is C14H24N4O. The Hall–Kier alpha value is -1.36. The Kier molecular flexibility index (Phi) is 3.94. The molecule has 5 heteroatoms. The summed E-state index contributed by atoms with van der Waals surface area (Å²) in [6.07, 6.45) is 0. The topological polar surface area (TPSA) is 59.0 Å². The van der Waals surface area contributed by atoms with Crippen LogP contribution in [0, 0.1) is 25.7 Å². The number of carbonyl (C=O) groups excluding carboxylic acids is 1. The van der Waals surface area contributed by atoms with Gasteiger partial charge in [-0.25, -0.2) is 0 Å². The van der Waals surface area contributed by atoms with Gasteiger partial charge in [0.2, 0.25) is 5.91 Å². The molecule has 2 rings (SSSR count). The second-order valence-electron chi connectivity index (χ2n) is 5.82. The van der Waals surface area contributed by atoms with Crippen molar-refractivity contribution in [2.45, 2.75) is 40.7 Å². The van der Waals surface area contributed by atoms with E-state index < -0.39 is 0 Å². The fraction of sp³-hybridized carbons (Fsp3) is 0.714. The minimum Gasteiger partial charge on any atom is -0.323 e. The molecule has 1 fully saturated rings. The lowest BCUT2D eigenvalue weighted by Crippen LogP contribution is -2.28. The van der Waals surface area contributed by atoms with Crippen molar-refractivity contribution < 1.29 is 4.79 Å². The number of anilines is 1. The van der Waals surface area contributed by atoms with Crippen molar-refractivity contribution in [1.82, 2.24) is 15.1 Å². The van der Waals surface area contributed by atoms with Crippen LogP contribution in [-0.4, -0.2) is 28.8 Å². The van der Waals surface area contributed by atoms with Crippen LogP contribution in [0.4, 0.5) is 5.69 Å². The highest BCUT2D eigenvalue weighted by Gasteiger charge is 2.30. The molecule has 0 saturated carbocycles. The molecule has 1 aromatic rings. The Balaban J connectivity index is 2.17. The van der Waals surface area contributed by atoms with Gasteiger partial charge >= 0.3 is 0 Å². The van der Waals surface area contributed by atoms with Gasteiger partial charge < -0.3 is 10.6 Å². The highest BCUT2D eigenvalue weighted by Crippen LogP contribution is 2.24. The van der Waals surface area contributed by atoms with E-state index in [0.29, 0.717) is 12.0 Å². The fourth-order valence-electron chi connectivity index (χ4n) is 2.72. The highest BCUT2D eigenvalue weighted by atomic mass is 16.2. The number of carbonyl (C=O) groups is 1. The van der Waals surface area contributed by atoms with Gasteiger partial charge in [0.05, 0.1) is 23.0 Å². The number of aromatic nitrogens is 2. The third kappa shape index (κ3) is 2.66. The summed E-state index contributed by atoms with van der Waals surface area (Å²) in [7, 11) is 0. The Morgan fingerprint density at radius 1 is 1.42 bits per heavy atom. The van der Waals surface area contributed by atoms with E-state index in [9.17, 15) is 4.79 Å². The fourth-order valence-corrected chi connectivity index (χ4v) is 2.72. The van der Waals surface area contributed by atoms with E-state index in [0.717, 1.165) is 30.2 Å². The van der Waals surface area contributed by atoms with E-state index in [2.05, 4.69) is 36.5 Å². The molecular weight excluding hydrogens is 240 g/mol. The minimum atomic E-state index is 0.0567. The molecule has 0 unspecified atom stereocenters. The summed E-state index contributed by atoms with van der Waals surface area (Å²) >= 11 is 0. The Morgan fingerprint density at radius 2 is 2.11 bits per heavy atom. The van der Waals surface area contributed by atoms with Crippen LogP contribution in [0.1, 0.15) is 38.2 Å². The molecule has 2 atom stereocenters. The van der Waals surface area contributed by atoms with Crippen LogP contribution in [0.15, 0.2) is 0 Å². The van der Waals surface area contributed by atoms with Gasteiger partial charge in [-0.2, -0.15) is 5.10 Å². The zero-order valence-electron chi connectivity index (χ0n) is 12.4. The normalized spacial score (nSPS) is 23.1. The van der Waals surface area contributed by atoms with E-state index in [-0.39, 0.29) is 11.8 Å². The van der Waals surface area contributed by atoms with Crippen molar-refractivity contribution in [3.63, 3.8) is 0 Å². The minimum absolute atomic E-state index is 0.0567. The first-order chi connectivity index (χ1) is 8.91. The van der Waals surface area contributed by atoms with Gasteiger partial charge in [0, 0.05) is 12.6 Å². The molecule has 2 N–H and O–H groups in total. The number of aryl methyl sites for hydroxylation is 1. The summed E-state index contributed by atoms with van der Waals surface area (Å²) in [6, 6.07) is 0.302. The second kappa shape index (κ2) is 5.33. The molecule has 1 aliphatic rings. The van der Waals surface area contributed by atoms with Gasteiger partial charge in [0.15, 0.2) is 0 Å². The largest absolute Gasteiger partial charge is 0.323 e. The first kappa shape index (κ1) is 14.1. The van der Waals surface area contributed by atoms with Crippen LogP contribution >= 0.6 is 0 Å². The monoisotopic (exact) mass is 264 g/mol. The highest BCUT2D eigenvalue weighted by molar-refractivity contribution is 5.94. The summed E-state index contributed by atoms with van der Waals surface area (Å²) < 4.78 is 1.96. The molecule has 1 saturated heterocycles. The van der Waals surface area contributed by atoms with Crippen molar-refractivity contribution in [3.8, 4) is 0 Å². The lowest BCUT2D eigenvalue weighted by molar-refractivity contribution is -0.120. The van der Waals surface area contributed by atoms with Crippen LogP contribution in [0.5, 0.6) is 0 Å². The van der Waals surface area contributed by atoms with Crippen molar-refractivity contribution in [3.05, 3.63) is 11.4 Å². The molecule has 5 nitrogen and oxygen atoms in total. The first-order valence-corrected chi connectivity index (χ1v) is 6.99. The van der Waals surface area contributed by atoms with Gasteiger partial charge in [0.1, 0.15) is 0 Å². The van der Waals surface area contributed by atoms with Gasteiger partial charge in [-0.15, -0.1) is 0 Å². The zero-order valence-corrected chi connectivity index (χ0v) is 12.4. The van der Waals surface area contributed by atoms with E-state index >= 15 is 0 Å². The third-order valence-corrected chi connectivity index (χ3v) is 3.92. The molecule has 1 aliphatic heterocycles. The number of rotatable bonds is 3. The van der Waals surface area contributed by atoms with Crippen molar-refractivity contribution in [2.75, 3.05) is 18.4 Å². The smallest absolute Gasteiger partial charge is 0.229 e. The number of hydrogen-bond donors (Lipinski definition) is 2. The average molecular weight is 264 g/mol. The predicted molar refractivity (Wildman–Crippen MR) is 76.2 cm³/mol. The SMILES string of the molecule is Cc1nn(C(C)C)c(C)c1NC(=O)[C@@H]1CNC[C@H]1C. The summed E-state index contributed by atoms with van der Waals surface area (Å²) in [5, 5.41) is 10.8. The molecule has 1 amide bonds. The standard InChI is InChI=1S/C14H24N4O/c1-8(2)18-11(5)13(10(4)17-18)16-14(19)12-7-15-6-9(12)3/h8-9,12,15H,6-7H2,1-5H3,(H,16,19)/t9-,12-/m1/s1. The maximum Gasteiger partial charge on any atom is 0.229 e. The van der Waals surface area contributed by atoms with Crippen LogP contribution in [0.25, 0.3) is 0 Å². The quantitative estimate of drug-likeness (QED) is 0.876. The van der Waals surface area contributed by atoms with E-state index in [1.165, 1.54) is 0 Å². The van der Waals surface area contributed by atoms with Crippen LogP contribution < -0.4 is 10.6 Å². The van der Waals surface area contributed by atoms with E-state index in [4.69, 9.17) is 0 Å². The van der Waals surface area contributed by atoms with E-state index in [1.54, 1.807) is 0 Å². The third-order valence-electron chi connectivity index (χ3n) is 3.92. The lowest BCUT2D eigenvalue weighted by atomic mass is 9.97. The lowest BCUT2D eigenvalue weighted by Gasteiger charge is -2.15. The molecule has 0 radical (unpaired) electrons. The maximum absolute atomic E-state index is 12.3. The van der Waals surface area contributed by atoms with Gasteiger partial charge in [-0.05, 0) is 40.2 Å². The molecule has 19 heavy (non-hydrogen) atoms. The van der Waals surface area contributed by atoms with Gasteiger partial charge in [0.25, 0.3) is 0 Å². The molecule has 0 aliphatic carbocycles. The number of hydrogen-bond acceptors (Lipinski definition) is 3. The number of nitrogens with zero attached hydrogens (tertiary/aromatic N) is 2. The molecule has 0 bridgehead atoms. The Morgan fingerprint density at radius 3 is 2.58 bits per heavy atom. The molecule has 0 aromatic carbocycles. The first-order valence-electron chi connectivity index (χ1n) is 6.99. The van der Waals surface area contributed by atoms with Crippen molar-refractivity contribution >= 4 is 11.6 Å². The second-order valence-corrected chi connectivity index (χ2v) is 5.82. The zero-order chi connectivity index (χ0) is 14.2.